The van der Waals surface area contributed by atoms with Crippen molar-refractivity contribution in [1.82, 2.24) is 19.3 Å². The molecule has 0 fully saturated rings. The molecule has 0 bridgehead atoms. The van der Waals surface area contributed by atoms with E-state index < -0.39 is 0 Å². The van der Waals surface area contributed by atoms with Gasteiger partial charge >= 0.3 is 0 Å². The molecule has 2 aromatic carbocycles. The van der Waals surface area contributed by atoms with Crippen molar-refractivity contribution >= 4 is 5.95 Å². The highest BCUT2D eigenvalue weighted by atomic mass is 19.1. The van der Waals surface area contributed by atoms with Gasteiger partial charge in [-0.2, -0.15) is 0 Å². The molecule has 3 atom stereocenters. The number of benzene rings is 2. The number of fused-ring (bicyclic) bond motifs is 1. The Labute approximate surface area is 208 Å². The first kappa shape index (κ1) is 23.9. The summed E-state index contributed by atoms with van der Waals surface area (Å²) in [7, 11) is 3.24. The van der Waals surface area contributed by atoms with Crippen LogP contribution in [0.25, 0.3) is 22.5 Å². The van der Waals surface area contributed by atoms with Gasteiger partial charge in [0.2, 0.25) is 5.95 Å². The molecule has 0 saturated heterocycles. The van der Waals surface area contributed by atoms with E-state index in [9.17, 15) is 9.18 Å². The van der Waals surface area contributed by atoms with Gasteiger partial charge in [-0.3, -0.25) is 9.48 Å². The topological polar surface area (TPSA) is 83.2 Å². The Balaban J connectivity index is 1.63. The lowest BCUT2D eigenvalue weighted by atomic mass is 10.0. The Kier molecular flexibility index (Phi) is 6.67. The zero-order valence-electron chi connectivity index (χ0n) is 20.4. The van der Waals surface area contributed by atoms with Gasteiger partial charge in [-0.05, 0) is 36.2 Å². The maximum absolute atomic E-state index is 13.7. The van der Waals surface area contributed by atoms with E-state index >= 15 is 0 Å². The number of halogens is 1. The Morgan fingerprint density at radius 1 is 0.972 bits per heavy atom. The molecule has 9 heteroatoms. The first-order valence-electron chi connectivity index (χ1n) is 11.8. The Bertz CT molecular complexity index is 1400. The van der Waals surface area contributed by atoms with Crippen molar-refractivity contribution in [1.29, 1.82) is 0 Å². The van der Waals surface area contributed by atoms with Gasteiger partial charge in [0, 0.05) is 20.4 Å². The van der Waals surface area contributed by atoms with Crippen LogP contribution in [0.3, 0.4) is 0 Å². The second kappa shape index (κ2) is 10.0. The van der Waals surface area contributed by atoms with Gasteiger partial charge in [-0.25, -0.2) is 19.0 Å². The van der Waals surface area contributed by atoms with Crippen molar-refractivity contribution in [2.45, 2.75) is 38.3 Å². The van der Waals surface area contributed by atoms with Gasteiger partial charge in [0.15, 0.2) is 0 Å². The van der Waals surface area contributed by atoms with Crippen LogP contribution in [0, 0.1) is 5.82 Å². The van der Waals surface area contributed by atoms with Crippen LogP contribution < -0.4 is 10.9 Å². The SMILES string of the molecule is COC1Cn2c(-c3ccnc(N[C@@H](C)c4ccccc4)n3)c(-c3ccc(F)cc3)c(=O)n2CC1OC. The van der Waals surface area contributed by atoms with E-state index in [1.807, 2.05) is 41.9 Å². The molecule has 0 amide bonds. The standard InChI is InChI=1S/C27H28FN5O3/c1-17(18-7-5-4-6-8-18)30-27-29-14-13-21(31-27)25-24(19-9-11-20(28)12-10-19)26(34)33-16-23(36-3)22(35-2)15-32(25)33/h4-14,17,22-23H,15-16H2,1-3H3,(H,29,30,31)/t17-,22?,23?/m0/s1. The molecule has 5 rings (SSSR count). The number of hydrogen-bond acceptors (Lipinski definition) is 6. The van der Waals surface area contributed by atoms with E-state index in [-0.39, 0.29) is 29.6 Å². The molecule has 0 radical (unpaired) electrons. The van der Waals surface area contributed by atoms with Gasteiger partial charge < -0.3 is 14.8 Å². The lowest BCUT2D eigenvalue weighted by Crippen LogP contribution is -2.46. The minimum Gasteiger partial charge on any atom is -0.377 e. The van der Waals surface area contributed by atoms with Crippen LogP contribution in [0.1, 0.15) is 18.5 Å². The second-order valence-corrected chi connectivity index (χ2v) is 8.79. The maximum atomic E-state index is 13.7. The summed E-state index contributed by atoms with van der Waals surface area (Å²) >= 11 is 0. The third-order valence-corrected chi connectivity index (χ3v) is 6.64. The van der Waals surface area contributed by atoms with Gasteiger partial charge in [-0.1, -0.05) is 42.5 Å². The normalized spacial score (nSPS) is 18.0. The number of nitrogens with zero attached hydrogens (tertiary/aromatic N) is 4. The number of anilines is 1. The van der Waals surface area contributed by atoms with Crippen LogP contribution in [0.5, 0.6) is 0 Å². The van der Waals surface area contributed by atoms with Crippen LogP contribution in [-0.4, -0.2) is 45.8 Å². The summed E-state index contributed by atoms with van der Waals surface area (Å²) in [6.07, 6.45) is 1.14. The third-order valence-electron chi connectivity index (χ3n) is 6.64. The fourth-order valence-corrected chi connectivity index (χ4v) is 4.71. The number of rotatable bonds is 7. The zero-order valence-corrected chi connectivity index (χ0v) is 20.4. The molecule has 0 spiro atoms. The molecular formula is C27H28FN5O3. The fourth-order valence-electron chi connectivity index (χ4n) is 4.71. The Morgan fingerprint density at radius 2 is 1.64 bits per heavy atom. The van der Waals surface area contributed by atoms with Crippen LogP contribution in [0.2, 0.25) is 0 Å². The zero-order chi connectivity index (χ0) is 25.2. The van der Waals surface area contributed by atoms with Crippen molar-refractivity contribution in [3.63, 3.8) is 0 Å². The van der Waals surface area contributed by atoms with Crippen LogP contribution in [0.15, 0.2) is 71.7 Å². The number of methoxy groups -OCH3 is 2. The highest BCUT2D eigenvalue weighted by molar-refractivity contribution is 5.79. The highest BCUT2D eigenvalue weighted by Crippen LogP contribution is 2.32. The van der Waals surface area contributed by atoms with Crippen LogP contribution in [-0.2, 0) is 22.6 Å². The summed E-state index contributed by atoms with van der Waals surface area (Å²) in [5.74, 6) is 0.0717. The highest BCUT2D eigenvalue weighted by Gasteiger charge is 2.34. The molecule has 1 N–H and O–H groups in total. The Morgan fingerprint density at radius 3 is 2.31 bits per heavy atom. The van der Waals surface area contributed by atoms with Gasteiger partial charge in [-0.15, -0.1) is 0 Å². The molecule has 1 aliphatic rings. The summed E-state index contributed by atoms with van der Waals surface area (Å²) in [6.45, 7) is 2.76. The van der Waals surface area contributed by atoms with Gasteiger partial charge in [0.05, 0.1) is 36.1 Å². The molecule has 2 aromatic heterocycles. The van der Waals surface area contributed by atoms with E-state index in [1.165, 1.54) is 12.1 Å². The summed E-state index contributed by atoms with van der Waals surface area (Å²) in [5, 5.41) is 3.35. The molecule has 0 aliphatic carbocycles. The average molecular weight is 490 g/mol. The molecule has 4 aromatic rings. The summed E-state index contributed by atoms with van der Waals surface area (Å²) in [6, 6.07) is 17.7. The van der Waals surface area contributed by atoms with E-state index in [4.69, 9.17) is 14.5 Å². The lowest BCUT2D eigenvalue weighted by Gasteiger charge is -2.32. The second-order valence-electron chi connectivity index (χ2n) is 8.79. The predicted molar refractivity (Wildman–Crippen MR) is 135 cm³/mol. The number of nitrogens with one attached hydrogen (secondary N) is 1. The quantitative estimate of drug-likeness (QED) is 0.420. The van der Waals surface area contributed by atoms with Crippen LogP contribution >= 0.6 is 0 Å². The van der Waals surface area contributed by atoms with Crippen molar-refractivity contribution < 1.29 is 13.9 Å². The lowest BCUT2D eigenvalue weighted by molar-refractivity contribution is -0.0737. The Hall–Kier alpha value is -3.82. The minimum atomic E-state index is -0.369. The maximum Gasteiger partial charge on any atom is 0.275 e. The molecule has 2 unspecified atom stereocenters. The summed E-state index contributed by atoms with van der Waals surface area (Å²) < 4.78 is 28.5. The predicted octanol–water partition coefficient (Wildman–Crippen LogP) is 4.13. The number of ether oxygens (including phenoxy) is 2. The van der Waals surface area contributed by atoms with Crippen molar-refractivity contribution in [2.75, 3.05) is 19.5 Å². The van der Waals surface area contributed by atoms with E-state index in [1.54, 1.807) is 43.3 Å². The van der Waals surface area contributed by atoms with Gasteiger partial charge in [0.25, 0.3) is 5.56 Å². The largest absolute Gasteiger partial charge is 0.377 e. The smallest absolute Gasteiger partial charge is 0.275 e. The van der Waals surface area contributed by atoms with E-state index in [0.29, 0.717) is 41.6 Å². The minimum absolute atomic E-state index is 0.0240. The summed E-state index contributed by atoms with van der Waals surface area (Å²) in [4.78, 5) is 22.9. The monoisotopic (exact) mass is 489 g/mol. The number of aromatic nitrogens is 4. The molecule has 8 nitrogen and oxygen atoms in total. The van der Waals surface area contributed by atoms with Crippen LogP contribution in [0.4, 0.5) is 10.3 Å². The molecule has 3 heterocycles. The van der Waals surface area contributed by atoms with E-state index in [2.05, 4.69) is 10.3 Å². The first-order valence-corrected chi connectivity index (χ1v) is 11.8. The fraction of sp³-hybridized carbons (Fsp3) is 0.296. The molecule has 0 saturated carbocycles. The van der Waals surface area contributed by atoms with Crippen molar-refractivity contribution in [3.8, 4) is 22.5 Å². The number of hydrogen-bond donors (Lipinski definition) is 1. The van der Waals surface area contributed by atoms with Crippen molar-refractivity contribution in [3.05, 3.63) is 88.6 Å². The molecular weight excluding hydrogens is 461 g/mol. The third kappa shape index (κ3) is 4.43. The molecule has 36 heavy (non-hydrogen) atoms. The van der Waals surface area contributed by atoms with Crippen molar-refractivity contribution in [2.24, 2.45) is 0 Å². The first-order chi connectivity index (χ1) is 17.5. The van der Waals surface area contributed by atoms with E-state index in [0.717, 1.165) is 5.56 Å². The average Bonchev–Trinajstić information content (AvgIpc) is 3.20. The summed E-state index contributed by atoms with van der Waals surface area (Å²) in [5.41, 5.74) is 3.17. The molecule has 1 aliphatic heterocycles. The van der Waals surface area contributed by atoms with Gasteiger partial charge in [0.1, 0.15) is 18.0 Å². The molecule has 186 valence electrons.